The minimum atomic E-state index is -0.225. The highest BCUT2D eigenvalue weighted by molar-refractivity contribution is 5.79. The molecule has 1 fully saturated rings. The van der Waals surface area contributed by atoms with Gasteiger partial charge in [0.15, 0.2) is 5.96 Å². The average molecular weight is 414 g/mol. The lowest BCUT2D eigenvalue weighted by atomic mass is 9.73. The van der Waals surface area contributed by atoms with Crippen LogP contribution in [0.15, 0.2) is 47.5 Å². The van der Waals surface area contributed by atoms with E-state index >= 15 is 0 Å². The zero-order valence-corrected chi connectivity index (χ0v) is 18.4. The summed E-state index contributed by atoms with van der Waals surface area (Å²) in [5, 5.41) is 3.57. The van der Waals surface area contributed by atoms with Gasteiger partial charge < -0.3 is 19.7 Å². The first-order valence-electron chi connectivity index (χ1n) is 10.4. The van der Waals surface area contributed by atoms with E-state index in [2.05, 4.69) is 35.4 Å². The second-order valence-corrected chi connectivity index (χ2v) is 7.98. The Balaban J connectivity index is 1.78. The van der Waals surface area contributed by atoms with E-state index in [9.17, 15) is 4.39 Å². The van der Waals surface area contributed by atoms with Gasteiger partial charge in [-0.25, -0.2) is 4.39 Å². The van der Waals surface area contributed by atoms with Crippen LogP contribution < -0.4 is 10.1 Å². The fourth-order valence-corrected chi connectivity index (χ4v) is 4.11. The fourth-order valence-electron chi connectivity index (χ4n) is 4.11. The third-order valence-electron chi connectivity index (χ3n) is 5.87. The summed E-state index contributed by atoms with van der Waals surface area (Å²) in [6.07, 6.45) is 1.83. The summed E-state index contributed by atoms with van der Waals surface area (Å²) in [5.41, 5.74) is 3.37. The highest BCUT2D eigenvalue weighted by atomic mass is 19.1. The van der Waals surface area contributed by atoms with Crippen molar-refractivity contribution in [3.05, 3.63) is 65.0 Å². The van der Waals surface area contributed by atoms with E-state index < -0.39 is 0 Å². The Hall–Kier alpha value is -2.60. The van der Waals surface area contributed by atoms with Crippen LogP contribution in [0.2, 0.25) is 0 Å². The monoisotopic (exact) mass is 413 g/mol. The molecule has 2 aromatic rings. The predicted octanol–water partition coefficient (Wildman–Crippen LogP) is 3.90. The summed E-state index contributed by atoms with van der Waals surface area (Å²) in [6, 6.07) is 12.9. The SMILES string of the molecule is CN=C(NCC1(c2cc(C)ccc2OC)CCOCC1)N(C)Cc1ccc(F)cc1. The van der Waals surface area contributed by atoms with E-state index in [4.69, 9.17) is 9.47 Å². The number of methoxy groups -OCH3 is 1. The van der Waals surface area contributed by atoms with Gasteiger partial charge in [-0.2, -0.15) is 0 Å². The van der Waals surface area contributed by atoms with Gasteiger partial charge in [0.2, 0.25) is 0 Å². The van der Waals surface area contributed by atoms with E-state index in [1.807, 2.05) is 11.9 Å². The lowest BCUT2D eigenvalue weighted by Gasteiger charge is -2.39. The third-order valence-corrected chi connectivity index (χ3v) is 5.87. The molecule has 1 saturated heterocycles. The Morgan fingerprint density at radius 3 is 2.53 bits per heavy atom. The molecule has 0 unspecified atom stereocenters. The van der Waals surface area contributed by atoms with Crippen molar-refractivity contribution in [3.8, 4) is 5.75 Å². The van der Waals surface area contributed by atoms with Crippen molar-refractivity contribution in [3.63, 3.8) is 0 Å². The fraction of sp³-hybridized carbons (Fsp3) is 0.458. The quantitative estimate of drug-likeness (QED) is 0.576. The summed E-state index contributed by atoms with van der Waals surface area (Å²) in [5.74, 6) is 1.49. The minimum Gasteiger partial charge on any atom is -0.496 e. The number of aryl methyl sites for hydroxylation is 1. The molecule has 1 heterocycles. The maximum atomic E-state index is 13.2. The number of nitrogens with zero attached hydrogens (tertiary/aromatic N) is 2. The second kappa shape index (κ2) is 9.94. The van der Waals surface area contributed by atoms with Crippen LogP contribution in [-0.2, 0) is 16.7 Å². The number of hydrogen-bond donors (Lipinski definition) is 1. The molecular formula is C24H32FN3O2. The normalized spacial score (nSPS) is 16.2. The molecule has 0 radical (unpaired) electrons. The van der Waals surface area contributed by atoms with Gasteiger partial charge in [0.05, 0.1) is 7.11 Å². The Labute approximate surface area is 178 Å². The van der Waals surface area contributed by atoms with Crippen molar-refractivity contribution < 1.29 is 13.9 Å². The molecule has 0 spiro atoms. The maximum absolute atomic E-state index is 13.2. The van der Waals surface area contributed by atoms with E-state index in [1.165, 1.54) is 23.3 Å². The molecule has 162 valence electrons. The number of nitrogens with one attached hydrogen (secondary N) is 1. The number of hydrogen-bond acceptors (Lipinski definition) is 3. The lowest BCUT2D eigenvalue weighted by Crippen LogP contribution is -2.48. The van der Waals surface area contributed by atoms with E-state index in [1.54, 1.807) is 26.3 Å². The van der Waals surface area contributed by atoms with Crippen LogP contribution in [-0.4, -0.2) is 51.8 Å². The van der Waals surface area contributed by atoms with Crippen LogP contribution in [0.25, 0.3) is 0 Å². The Morgan fingerprint density at radius 2 is 1.90 bits per heavy atom. The highest BCUT2D eigenvalue weighted by Crippen LogP contribution is 2.40. The van der Waals surface area contributed by atoms with Crippen molar-refractivity contribution >= 4 is 5.96 Å². The minimum absolute atomic E-state index is 0.0950. The smallest absolute Gasteiger partial charge is 0.193 e. The number of benzene rings is 2. The summed E-state index contributed by atoms with van der Waals surface area (Å²) >= 11 is 0. The van der Waals surface area contributed by atoms with Gasteiger partial charge in [0.25, 0.3) is 0 Å². The standard InChI is InChI=1S/C24H32FN3O2/c1-18-5-10-22(29-4)21(15-18)24(11-13-30-14-12-24)17-27-23(26-2)28(3)16-19-6-8-20(25)9-7-19/h5-10,15H,11-14,16-17H2,1-4H3,(H,26,27). The molecule has 2 aromatic carbocycles. The van der Waals surface area contributed by atoms with Gasteiger partial charge in [-0.15, -0.1) is 0 Å². The number of ether oxygens (including phenoxy) is 2. The molecule has 0 aliphatic carbocycles. The molecule has 0 saturated carbocycles. The number of guanidine groups is 1. The van der Waals surface area contributed by atoms with Gasteiger partial charge in [0, 0.05) is 51.4 Å². The second-order valence-electron chi connectivity index (χ2n) is 7.98. The molecule has 6 heteroatoms. The average Bonchev–Trinajstić information content (AvgIpc) is 2.76. The van der Waals surface area contributed by atoms with Crippen molar-refractivity contribution in [1.29, 1.82) is 0 Å². The summed E-state index contributed by atoms with van der Waals surface area (Å²) in [6.45, 7) is 4.94. The van der Waals surface area contributed by atoms with Crippen molar-refractivity contribution in [2.75, 3.05) is 41.0 Å². The number of halogens is 1. The Bertz CT molecular complexity index is 861. The summed E-state index contributed by atoms with van der Waals surface area (Å²) < 4.78 is 24.6. The molecule has 0 atom stereocenters. The molecule has 1 N–H and O–H groups in total. The highest BCUT2D eigenvalue weighted by Gasteiger charge is 2.37. The molecule has 0 aromatic heterocycles. The molecule has 1 aliphatic rings. The van der Waals surface area contributed by atoms with E-state index in [0.29, 0.717) is 6.54 Å². The first-order chi connectivity index (χ1) is 14.5. The number of rotatable bonds is 6. The van der Waals surface area contributed by atoms with Crippen LogP contribution in [0.1, 0.15) is 29.5 Å². The van der Waals surface area contributed by atoms with Crippen molar-refractivity contribution in [2.45, 2.75) is 31.7 Å². The Kier molecular flexibility index (Phi) is 7.32. The molecule has 1 aliphatic heterocycles. The van der Waals surface area contributed by atoms with Gasteiger partial charge in [-0.1, -0.05) is 29.8 Å². The van der Waals surface area contributed by atoms with Crippen molar-refractivity contribution in [2.24, 2.45) is 4.99 Å². The van der Waals surface area contributed by atoms with Gasteiger partial charge >= 0.3 is 0 Å². The number of aliphatic imine (C=N–C) groups is 1. The molecule has 0 bridgehead atoms. The van der Waals surface area contributed by atoms with Crippen molar-refractivity contribution in [1.82, 2.24) is 10.2 Å². The van der Waals surface area contributed by atoms with Crippen LogP contribution in [0.5, 0.6) is 5.75 Å². The molecule has 5 nitrogen and oxygen atoms in total. The summed E-state index contributed by atoms with van der Waals surface area (Å²) in [7, 11) is 5.50. The van der Waals surface area contributed by atoms with Gasteiger partial charge in [0.1, 0.15) is 11.6 Å². The van der Waals surface area contributed by atoms with E-state index in [0.717, 1.165) is 49.9 Å². The van der Waals surface area contributed by atoms with Gasteiger partial charge in [-0.3, -0.25) is 4.99 Å². The first kappa shape index (κ1) is 22.1. The van der Waals surface area contributed by atoms with Crippen LogP contribution >= 0.6 is 0 Å². The largest absolute Gasteiger partial charge is 0.496 e. The zero-order chi connectivity index (χ0) is 21.6. The Morgan fingerprint density at radius 1 is 1.20 bits per heavy atom. The van der Waals surface area contributed by atoms with Crippen LogP contribution in [0, 0.1) is 12.7 Å². The lowest BCUT2D eigenvalue weighted by molar-refractivity contribution is 0.0503. The van der Waals surface area contributed by atoms with Gasteiger partial charge in [-0.05, 0) is 43.5 Å². The molecule has 30 heavy (non-hydrogen) atoms. The first-order valence-corrected chi connectivity index (χ1v) is 10.4. The third kappa shape index (κ3) is 5.11. The molecule has 3 rings (SSSR count). The zero-order valence-electron chi connectivity index (χ0n) is 18.4. The maximum Gasteiger partial charge on any atom is 0.193 e. The molecular weight excluding hydrogens is 381 g/mol. The summed E-state index contributed by atoms with van der Waals surface area (Å²) in [4.78, 5) is 6.52. The van der Waals surface area contributed by atoms with Crippen LogP contribution in [0.3, 0.4) is 0 Å². The topological polar surface area (TPSA) is 46.1 Å². The molecule has 0 amide bonds. The van der Waals surface area contributed by atoms with E-state index in [-0.39, 0.29) is 11.2 Å². The predicted molar refractivity (Wildman–Crippen MR) is 119 cm³/mol. The van der Waals surface area contributed by atoms with Crippen LogP contribution in [0.4, 0.5) is 4.39 Å².